The Bertz CT molecular complexity index is 385. The molecule has 0 bridgehead atoms. The molecular weight excluding hydrogens is 202 g/mol. The third kappa shape index (κ3) is 2.52. The number of hydrogen-bond acceptors (Lipinski definition) is 3. The Balaban J connectivity index is 1.96. The lowest BCUT2D eigenvalue weighted by atomic mass is 10.2. The van der Waals surface area contributed by atoms with Gasteiger partial charge in [0.2, 0.25) is 0 Å². The Morgan fingerprint density at radius 3 is 2.81 bits per heavy atom. The van der Waals surface area contributed by atoms with Crippen molar-refractivity contribution < 1.29 is 0 Å². The monoisotopic (exact) mass is 217 g/mol. The van der Waals surface area contributed by atoms with Crippen LogP contribution in [0.1, 0.15) is 5.56 Å². The molecule has 1 aliphatic rings. The van der Waals surface area contributed by atoms with Crippen LogP contribution in [0.3, 0.4) is 0 Å². The molecule has 1 fully saturated rings. The highest BCUT2D eigenvalue weighted by Crippen LogP contribution is 2.15. The molecule has 2 rings (SSSR count). The van der Waals surface area contributed by atoms with Gasteiger partial charge >= 0.3 is 0 Å². The zero-order valence-electron chi connectivity index (χ0n) is 9.03. The fourth-order valence-electron chi connectivity index (χ4n) is 2.05. The minimum absolute atomic E-state index is 0.0420. The zero-order chi connectivity index (χ0) is 11.4. The molecule has 1 aromatic rings. The number of likely N-dealkylation sites (tertiary alicyclic amines) is 1. The highest BCUT2D eigenvalue weighted by atomic mass is 15.3. The summed E-state index contributed by atoms with van der Waals surface area (Å²) in [6, 6.07) is 10.1. The summed E-state index contributed by atoms with van der Waals surface area (Å²) in [5.74, 6) is 0. The van der Waals surface area contributed by atoms with Gasteiger partial charge in [-0.15, -0.1) is 0 Å². The van der Waals surface area contributed by atoms with E-state index >= 15 is 0 Å². The molecule has 0 unspecified atom stereocenters. The molecule has 5 heteroatoms. The molecule has 0 spiro atoms. The van der Waals surface area contributed by atoms with E-state index in [1.807, 2.05) is 18.2 Å². The molecule has 0 saturated carbocycles. The van der Waals surface area contributed by atoms with Crippen molar-refractivity contribution >= 4 is 0 Å². The van der Waals surface area contributed by atoms with Crippen LogP contribution in [0, 0.1) is 0 Å². The number of azide groups is 1. The summed E-state index contributed by atoms with van der Waals surface area (Å²) in [5, 5.41) is 3.71. The van der Waals surface area contributed by atoms with Gasteiger partial charge in [-0.3, -0.25) is 4.90 Å². The molecule has 16 heavy (non-hydrogen) atoms. The van der Waals surface area contributed by atoms with Crippen molar-refractivity contribution in [2.45, 2.75) is 18.6 Å². The van der Waals surface area contributed by atoms with Gasteiger partial charge in [-0.05, 0) is 11.1 Å². The predicted octanol–water partition coefficient (Wildman–Crippen LogP) is 1.51. The number of benzene rings is 1. The third-order valence-corrected chi connectivity index (χ3v) is 2.86. The van der Waals surface area contributed by atoms with E-state index in [1.165, 1.54) is 5.56 Å². The van der Waals surface area contributed by atoms with Gasteiger partial charge in [0, 0.05) is 30.6 Å². The maximum atomic E-state index is 8.40. The van der Waals surface area contributed by atoms with Gasteiger partial charge in [0.05, 0.1) is 6.04 Å². The topological polar surface area (TPSA) is 78.0 Å². The fourth-order valence-corrected chi connectivity index (χ4v) is 2.05. The molecule has 0 amide bonds. The molecule has 0 aromatic heterocycles. The molecule has 1 saturated heterocycles. The molecule has 1 aliphatic heterocycles. The van der Waals surface area contributed by atoms with Crippen LogP contribution in [0.2, 0.25) is 0 Å². The van der Waals surface area contributed by atoms with Gasteiger partial charge in [-0.2, -0.15) is 0 Å². The van der Waals surface area contributed by atoms with E-state index in [0.29, 0.717) is 0 Å². The minimum Gasteiger partial charge on any atom is -0.326 e. The first-order valence-corrected chi connectivity index (χ1v) is 5.35. The molecule has 2 N–H and O–H groups in total. The summed E-state index contributed by atoms with van der Waals surface area (Å²) in [7, 11) is 0. The van der Waals surface area contributed by atoms with Crippen molar-refractivity contribution in [3.05, 3.63) is 46.3 Å². The first-order valence-electron chi connectivity index (χ1n) is 5.35. The van der Waals surface area contributed by atoms with E-state index in [9.17, 15) is 0 Å². The minimum atomic E-state index is -0.0892. The molecule has 0 radical (unpaired) electrons. The predicted molar refractivity (Wildman–Crippen MR) is 62.6 cm³/mol. The second-order valence-corrected chi connectivity index (χ2v) is 4.12. The second-order valence-electron chi connectivity index (χ2n) is 4.12. The first-order chi connectivity index (χ1) is 7.79. The number of nitrogens with two attached hydrogens (primary N) is 1. The van der Waals surface area contributed by atoms with E-state index in [2.05, 4.69) is 27.1 Å². The van der Waals surface area contributed by atoms with Gasteiger partial charge < -0.3 is 5.73 Å². The first kappa shape index (κ1) is 11.0. The van der Waals surface area contributed by atoms with Gasteiger partial charge in [-0.1, -0.05) is 35.4 Å². The van der Waals surface area contributed by atoms with Crippen LogP contribution >= 0.6 is 0 Å². The van der Waals surface area contributed by atoms with E-state index in [0.717, 1.165) is 19.6 Å². The van der Waals surface area contributed by atoms with Crippen LogP contribution in [0.15, 0.2) is 35.4 Å². The molecular formula is C11H15N5. The SMILES string of the molecule is [N-]=[N+]=N[C@@H]1CN(Cc2ccccc2)C[C@H]1N. The highest BCUT2D eigenvalue weighted by Gasteiger charge is 2.28. The van der Waals surface area contributed by atoms with Crippen molar-refractivity contribution in [2.24, 2.45) is 10.8 Å². The van der Waals surface area contributed by atoms with Gasteiger partial charge in [-0.25, -0.2) is 0 Å². The maximum Gasteiger partial charge on any atom is 0.0664 e. The molecule has 84 valence electrons. The van der Waals surface area contributed by atoms with E-state index in [4.69, 9.17) is 11.3 Å². The number of hydrogen-bond donors (Lipinski definition) is 1. The summed E-state index contributed by atoms with van der Waals surface area (Å²) >= 11 is 0. The lowest BCUT2D eigenvalue weighted by Gasteiger charge is -2.14. The van der Waals surface area contributed by atoms with Crippen LogP contribution in [0.25, 0.3) is 10.4 Å². The summed E-state index contributed by atoms with van der Waals surface area (Å²) in [6.07, 6.45) is 0. The Hall–Kier alpha value is -1.55. The Labute approximate surface area is 94.5 Å². The zero-order valence-corrected chi connectivity index (χ0v) is 9.03. The van der Waals surface area contributed by atoms with E-state index in [1.54, 1.807) is 0 Å². The summed E-state index contributed by atoms with van der Waals surface area (Å²) in [5.41, 5.74) is 15.6. The van der Waals surface area contributed by atoms with Crippen LogP contribution in [0.5, 0.6) is 0 Å². The fraction of sp³-hybridized carbons (Fsp3) is 0.455. The number of rotatable bonds is 3. The van der Waals surface area contributed by atoms with Crippen molar-refractivity contribution in [1.29, 1.82) is 0 Å². The van der Waals surface area contributed by atoms with Gasteiger partial charge in [0.15, 0.2) is 0 Å². The van der Waals surface area contributed by atoms with Crippen LogP contribution < -0.4 is 5.73 Å². The quantitative estimate of drug-likeness (QED) is 0.473. The largest absolute Gasteiger partial charge is 0.326 e. The van der Waals surface area contributed by atoms with Gasteiger partial charge in [0.25, 0.3) is 0 Å². The van der Waals surface area contributed by atoms with Crippen LogP contribution in [-0.4, -0.2) is 30.1 Å². The summed E-state index contributed by atoms with van der Waals surface area (Å²) < 4.78 is 0. The molecule has 0 aliphatic carbocycles. The lowest BCUT2D eigenvalue weighted by molar-refractivity contribution is 0.324. The Kier molecular flexibility index (Phi) is 3.41. The van der Waals surface area contributed by atoms with Crippen molar-refractivity contribution in [1.82, 2.24) is 4.90 Å². The summed E-state index contributed by atoms with van der Waals surface area (Å²) in [6.45, 7) is 2.41. The standard InChI is InChI=1S/C11H15N5/c12-10-7-16(8-11(10)14-15-13)6-9-4-2-1-3-5-9/h1-5,10-11H,6-8,12H2/t10-,11-/m1/s1. The van der Waals surface area contributed by atoms with Crippen molar-refractivity contribution in [3.63, 3.8) is 0 Å². The lowest BCUT2D eigenvalue weighted by Crippen LogP contribution is -2.31. The third-order valence-electron chi connectivity index (χ3n) is 2.86. The van der Waals surface area contributed by atoms with Crippen LogP contribution in [-0.2, 0) is 6.54 Å². The average Bonchev–Trinajstić information content (AvgIpc) is 2.61. The molecule has 1 heterocycles. The van der Waals surface area contributed by atoms with E-state index < -0.39 is 0 Å². The maximum absolute atomic E-state index is 8.40. The van der Waals surface area contributed by atoms with E-state index in [-0.39, 0.29) is 12.1 Å². The van der Waals surface area contributed by atoms with Crippen molar-refractivity contribution in [3.8, 4) is 0 Å². The Morgan fingerprint density at radius 2 is 2.12 bits per heavy atom. The summed E-state index contributed by atoms with van der Waals surface area (Å²) in [4.78, 5) is 5.05. The normalized spacial score (nSPS) is 25.3. The number of nitrogens with zero attached hydrogens (tertiary/aromatic N) is 4. The smallest absolute Gasteiger partial charge is 0.0664 e. The van der Waals surface area contributed by atoms with Crippen LogP contribution in [0.4, 0.5) is 0 Å². The average molecular weight is 217 g/mol. The highest BCUT2D eigenvalue weighted by molar-refractivity contribution is 5.15. The molecule has 1 aromatic carbocycles. The van der Waals surface area contributed by atoms with Crippen molar-refractivity contribution in [2.75, 3.05) is 13.1 Å². The second kappa shape index (κ2) is 4.99. The van der Waals surface area contributed by atoms with Gasteiger partial charge in [0.1, 0.15) is 0 Å². The molecule has 2 atom stereocenters. The molecule has 5 nitrogen and oxygen atoms in total. The Morgan fingerprint density at radius 1 is 1.38 bits per heavy atom.